The van der Waals surface area contributed by atoms with Gasteiger partial charge in [0, 0.05) is 16.2 Å². The lowest BCUT2D eigenvalue weighted by atomic mass is 10.2. The molecule has 11 heteroatoms. The Balaban J connectivity index is 1.70. The monoisotopic (exact) mass is 447 g/mol. The SMILES string of the molecule is Cc1cc(C(F)F)n(CC(=O)Nc2nn(Cc3ccc(Cl)cc3Cl)cc2Cl)n1. The summed E-state index contributed by atoms with van der Waals surface area (Å²) in [5.41, 5.74) is 0.823. The highest BCUT2D eigenvalue weighted by Gasteiger charge is 2.18. The zero-order valence-electron chi connectivity index (χ0n) is 14.5. The maximum atomic E-state index is 13.0. The highest BCUT2D eigenvalue weighted by Crippen LogP contribution is 2.25. The molecule has 0 aliphatic heterocycles. The molecule has 2 heterocycles. The minimum absolute atomic E-state index is 0.110. The number of alkyl halides is 2. The van der Waals surface area contributed by atoms with E-state index >= 15 is 0 Å². The van der Waals surface area contributed by atoms with Gasteiger partial charge in [0.25, 0.3) is 6.43 Å². The molecule has 0 unspecified atom stereocenters. The van der Waals surface area contributed by atoms with E-state index in [0.717, 1.165) is 10.2 Å². The van der Waals surface area contributed by atoms with Crippen LogP contribution in [-0.2, 0) is 17.9 Å². The molecule has 28 heavy (non-hydrogen) atoms. The van der Waals surface area contributed by atoms with Crippen LogP contribution in [0.15, 0.2) is 30.5 Å². The molecule has 3 aromatic rings. The van der Waals surface area contributed by atoms with Gasteiger partial charge < -0.3 is 5.32 Å². The summed E-state index contributed by atoms with van der Waals surface area (Å²) in [5, 5.41) is 11.8. The smallest absolute Gasteiger partial charge is 0.280 e. The number of amides is 1. The number of benzene rings is 1. The van der Waals surface area contributed by atoms with Crippen molar-refractivity contribution in [2.24, 2.45) is 0 Å². The Morgan fingerprint density at radius 2 is 1.93 bits per heavy atom. The van der Waals surface area contributed by atoms with Crippen LogP contribution < -0.4 is 5.32 Å². The Morgan fingerprint density at radius 1 is 1.18 bits per heavy atom. The number of carbonyl (C=O) groups is 1. The third kappa shape index (κ3) is 4.81. The van der Waals surface area contributed by atoms with E-state index in [-0.39, 0.29) is 23.1 Å². The molecule has 0 bridgehead atoms. The lowest BCUT2D eigenvalue weighted by Crippen LogP contribution is -2.21. The van der Waals surface area contributed by atoms with Gasteiger partial charge in [0.2, 0.25) is 5.91 Å². The average molecular weight is 449 g/mol. The first kappa shape index (κ1) is 20.6. The summed E-state index contributed by atoms with van der Waals surface area (Å²) in [5.74, 6) is -0.471. The number of rotatable bonds is 6. The Hall–Kier alpha value is -2.16. The number of hydrogen-bond donors (Lipinski definition) is 1. The normalized spacial score (nSPS) is 11.2. The van der Waals surface area contributed by atoms with Gasteiger partial charge in [0.05, 0.1) is 12.2 Å². The molecule has 148 valence electrons. The first-order valence-electron chi connectivity index (χ1n) is 8.02. The molecule has 1 amide bonds. The molecule has 0 aliphatic rings. The number of nitrogens with zero attached hydrogens (tertiary/aromatic N) is 4. The van der Waals surface area contributed by atoms with Gasteiger partial charge in [-0.05, 0) is 30.7 Å². The van der Waals surface area contributed by atoms with Crippen LogP contribution in [0, 0.1) is 6.92 Å². The number of halogens is 5. The minimum atomic E-state index is -2.74. The summed E-state index contributed by atoms with van der Waals surface area (Å²) in [6, 6.07) is 6.29. The number of nitrogens with one attached hydrogen (secondary N) is 1. The van der Waals surface area contributed by atoms with Crippen LogP contribution in [-0.4, -0.2) is 25.5 Å². The molecule has 0 radical (unpaired) electrons. The van der Waals surface area contributed by atoms with Gasteiger partial charge in [-0.25, -0.2) is 8.78 Å². The van der Waals surface area contributed by atoms with Gasteiger partial charge in [-0.1, -0.05) is 40.9 Å². The van der Waals surface area contributed by atoms with Crippen molar-refractivity contribution < 1.29 is 13.6 Å². The third-order valence-corrected chi connectivity index (χ3v) is 4.64. The van der Waals surface area contributed by atoms with Crippen LogP contribution in [0.3, 0.4) is 0 Å². The fraction of sp³-hybridized carbons (Fsp3) is 0.235. The van der Waals surface area contributed by atoms with Crippen molar-refractivity contribution in [3.05, 3.63) is 62.5 Å². The second-order valence-corrected chi connectivity index (χ2v) is 7.23. The van der Waals surface area contributed by atoms with Gasteiger partial charge in [0.1, 0.15) is 17.3 Å². The van der Waals surface area contributed by atoms with Crippen molar-refractivity contribution >= 4 is 46.5 Å². The number of hydrogen-bond acceptors (Lipinski definition) is 3. The molecule has 3 rings (SSSR count). The molecule has 0 aliphatic carbocycles. The maximum absolute atomic E-state index is 13.0. The Morgan fingerprint density at radius 3 is 2.61 bits per heavy atom. The van der Waals surface area contributed by atoms with Gasteiger partial charge in [-0.2, -0.15) is 10.2 Å². The summed E-state index contributed by atoms with van der Waals surface area (Å²) in [6.07, 6.45) is -1.22. The summed E-state index contributed by atoms with van der Waals surface area (Å²) >= 11 is 18.1. The van der Waals surface area contributed by atoms with Crippen molar-refractivity contribution in [2.75, 3.05) is 5.32 Å². The molecule has 1 aromatic carbocycles. The maximum Gasteiger partial charge on any atom is 0.280 e. The molecule has 0 saturated carbocycles. The second kappa shape index (κ2) is 8.46. The van der Waals surface area contributed by atoms with Crippen LogP contribution in [0.5, 0.6) is 0 Å². The predicted molar refractivity (Wildman–Crippen MR) is 103 cm³/mol. The lowest BCUT2D eigenvalue weighted by Gasteiger charge is -2.07. The standard InChI is InChI=1S/C17H14Cl3F2N5O/c1-9-4-14(16(21)22)27(24-9)8-15(28)23-17-13(20)7-26(25-17)6-10-2-3-11(18)5-12(10)19/h2-5,7,16H,6,8H2,1H3,(H,23,25,28). The van der Waals surface area contributed by atoms with Crippen LogP contribution in [0.1, 0.15) is 23.4 Å². The van der Waals surface area contributed by atoms with Crippen molar-refractivity contribution in [1.29, 1.82) is 0 Å². The Labute approximate surface area is 174 Å². The van der Waals surface area contributed by atoms with Gasteiger partial charge in [-0.3, -0.25) is 14.2 Å². The minimum Gasteiger partial charge on any atom is -0.306 e. The van der Waals surface area contributed by atoms with Crippen LogP contribution in [0.2, 0.25) is 15.1 Å². The van der Waals surface area contributed by atoms with E-state index in [1.807, 2.05) is 0 Å². The summed E-state index contributed by atoms with van der Waals surface area (Å²) in [7, 11) is 0. The second-order valence-electron chi connectivity index (χ2n) is 5.98. The number of aryl methyl sites for hydroxylation is 1. The van der Waals surface area contributed by atoms with E-state index in [0.29, 0.717) is 22.3 Å². The molecule has 1 N–H and O–H groups in total. The molecular formula is C17H14Cl3F2N5O. The number of carbonyl (C=O) groups excluding carboxylic acids is 1. The zero-order chi connectivity index (χ0) is 20.4. The molecule has 2 aromatic heterocycles. The average Bonchev–Trinajstić information content (AvgIpc) is 3.12. The van der Waals surface area contributed by atoms with Crippen molar-refractivity contribution in [3.8, 4) is 0 Å². The van der Waals surface area contributed by atoms with Crippen molar-refractivity contribution in [2.45, 2.75) is 26.4 Å². The third-order valence-electron chi connectivity index (χ3n) is 3.77. The van der Waals surface area contributed by atoms with Crippen molar-refractivity contribution in [3.63, 3.8) is 0 Å². The van der Waals surface area contributed by atoms with Crippen LogP contribution in [0.4, 0.5) is 14.6 Å². The summed E-state index contributed by atoms with van der Waals surface area (Å²) in [6.45, 7) is 1.49. The molecular weight excluding hydrogens is 435 g/mol. The molecule has 0 atom stereocenters. The summed E-state index contributed by atoms with van der Waals surface area (Å²) in [4.78, 5) is 12.2. The first-order chi connectivity index (χ1) is 13.2. The van der Waals surface area contributed by atoms with E-state index in [2.05, 4.69) is 15.5 Å². The largest absolute Gasteiger partial charge is 0.306 e. The molecule has 6 nitrogen and oxygen atoms in total. The topological polar surface area (TPSA) is 64.7 Å². The first-order valence-corrected chi connectivity index (χ1v) is 9.15. The Kier molecular flexibility index (Phi) is 6.22. The zero-order valence-corrected chi connectivity index (χ0v) is 16.7. The fourth-order valence-electron chi connectivity index (χ4n) is 2.56. The highest BCUT2D eigenvalue weighted by molar-refractivity contribution is 6.35. The van der Waals surface area contributed by atoms with Gasteiger partial charge in [-0.15, -0.1) is 0 Å². The quantitative estimate of drug-likeness (QED) is 0.579. The Bertz CT molecular complexity index is 1020. The fourth-order valence-corrected chi connectivity index (χ4v) is 3.23. The summed E-state index contributed by atoms with van der Waals surface area (Å²) < 4.78 is 28.5. The van der Waals surface area contributed by atoms with Gasteiger partial charge >= 0.3 is 0 Å². The lowest BCUT2D eigenvalue weighted by molar-refractivity contribution is -0.117. The molecule has 0 spiro atoms. The predicted octanol–water partition coefficient (Wildman–Crippen LogP) is 4.97. The van der Waals surface area contributed by atoms with Crippen LogP contribution in [0.25, 0.3) is 0 Å². The van der Waals surface area contributed by atoms with E-state index in [1.165, 1.54) is 16.9 Å². The highest BCUT2D eigenvalue weighted by atomic mass is 35.5. The number of aromatic nitrogens is 4. The van der Waals surface area contributed by atoms with Gasteiger partial charge in [0.15, 0.2) is 5.82 Å². The van der Waals surface area contributed by atoms with E-state index in [1.54, 1.807) is 25.1 Å². The van der Waals surface area contributed by atoms with E-state index in [9.17, 15) is 13.6 Å². The van der Waals surface area contributed by atoms with Crippen molar-refractivity contribution in [1.82, 2.24) is 19.6 Å². The van der Waals surface area contributed by atoms with E-state index in [4.69, 9.17) is 34.8 Å². The molecule has 0 saturated heterocycles. The van der Waals surface area contributed by atoms with Crippen LogP contribution >= 0.6 is 34.8 Å². The number of anilines is 1. The molecule has 0 fully saturated rings. The van der Waals surface area contributed by atoms with E-state index < -0.39 is 12.3 Å².